The molecule has 0 spiro atoms. The molecule has 0 radical (unpaired) electrons. The zero-order valence-electron chi connectivity index (χ0n) is 14.7. The van der Waals surface area contributed by atoms with Gasteiger partial charge in [0.05, 0.1) is 0 Å². The molecule has 0 unspecified atom stereocenters. The third kappa shape index (κ3) is 2.41. The maximum atomic E-state index is 12.9. The van der Waals surface area contributed by atoms with E-state index >= 15 is 0 Å². The first-order valence-corrected chi connectivity index (χ1v) is 10.1. The van der Waals surface area contributed by atoms with Crippen LogP contribution in [0, 0.1) is 0 Å². The van der Waals surface area contributed by atoms with Crippen LogP contribution in [0.25, 0.3) is 0 Å². The van der Waals surface area contributed by atoms with Crippen molar-refractivity contribution >= 4 is 27.2 Å². The lowest BCUT2D eigenvalue weighted by Crippen LogP contribution is -2.20. The maximum Gasteiger partial charge on any atom is 0.195 e. The van der Waals surface area contributed by atoms with Gasteiger partial charge in [0.25, 0.3) is 0 Å². The highest BCUT2D eigenvalue weighted by atomic mass is 32.3. The van der Waals surface area contributed by atoms with Gasteiger partial charge in [-0.15, -0.1) is 0 Å². The van der Waals surface area contributed by atoms with E-state index in [-0.39, 0.29) is 5.78 Å². The molecule has 1 aliphatic heterocycles. The van der Waals surface area contributed by atoms with Crippen LogP contribution in [0.4, 0.5) is 11.4 Å². The molecule has 4 heteroatoms. The number of hydrogen-bond acceptors (Lipinski definition) is 3. The van der Waals surface area contributed by atoms with Gasteiger partial charge >= 0.3 is 0 Å². The first-order valence-electron chi connectivity index (χ1n) is 7.64. The fraction of sp³-hybridized carbons (Fsp3) is 0.316. The Balaban J connectivity index is 2.26. The van der Waals surface area contributed by atoms with E-state index in [1.54, 1.807) is 0 Å². The Bertz CT molecular complexity index is 730. The van der Waals surface area contributed by atoms with E-state index in [1.165, 1.54) is 9.79 Å². The second kappa shape index (κ2) is 5.31. The molecule has 3 rings (SSSR count). The first-order chi connectivity index (χ1) is 10.7. The zero-order valence-corrected chi connectivity index (χ0v) is 15.5. The second-order valence-corrected chi connectivity index (χ2v) is 10.3. The van der Waals surface area contributed by atoms with Crippen molar-refractivity contribution < 1.29 is 4.79 Å². The molecule has 1 heterocycles. The third-order valence-electron chi connectivity index (χ3n) is 4.55. The van der Waals surface area contributed by atoms with Crippen molar-refractivity contribution in [3.63, 3.8) is 0 Å². The SMILES string of the molecule is CN(C)c1ccc2c(c1)S(C)(C)c1cc(N(C)C)ccc1C2=O. The normalized spacial score (nSPS) is 16.3. The number of benzene rings is 2. The Kier molecular flexibility index (Phi) is 3.68. The van der Waals surface area contributed by atoms with Gasteiger partial charge in [-0.25, -0.2) is 0 Å². The van der Waals surface area contributed by atoms with Crippen LogP contribution < -0.4 is 9.80 Å². The molecular formula is C19H24N2OS. The van der Waals surface area contributed by atoms with Gasteiger partial charge in [-0.05, 0) is 48.9 Å². The molecule has 0 bridgehead atoms. The van der Waals surface area contributed by atoms with Crippen molar-refractivity contribution in [2.75, 3.05) is 50.5 Å². The Morgan fingerprint density at radius 1 is 0.739 bits per heavy atom. The third-order valence-corrected chi connectivity index (χ3v) is 7.43. The number of carbonyl (C=O) groups excluding carboxylic acids is 1. The number of fused-ring (bicyclic) bond motifs is 2. The molecule has 0 aliphatic carbocycles. The van der Waals surface area contributed by atoms with Crippen LogP contribution in [-0.4, -0.2) is 46.5 Å². The summed E-state index contributed by atoms with van der Waals surface area (Å²) in [4.78, 5) is 19.5. The summed E-state index contributed by atoms with van der Waals surface area (Å²) >= 11 is 0. The summed E-state index contributed by atoms with van der Waals surface area (Å²) in [7, 11) is 6.92. The molecule has 2 aromatic rings. The Labute approximate surface area is 140 Å². The molecule has 0 saturated heterocycles. The summed E-state index contributed by atoms with van der Waals surface area (Å²) in [5, 5.41) is 0. The van der Waals surface area contributed by atoms with Crippen LogP contribution in [0.1, 0.15) is 15.9 Å². The number of carbonyl (C=O) groups is 1. The van der Waals surface area contributed by atoms with Crippen LogP contribution in [0.5, 0.6) is 0 Å². The number of nitrogens with zero attached hydrogens (tertiary/aromatic N) is 2. The molecule has 0 saturated carbocycles. The van der Waals surface area contributed by atoms with Crippen LogP contribution in [0.15, 0.2) is 46.2 Å². The average Bonchev–Trinajstić information content (AvgIpc) is 2.51. The van der Waals surface area contributed by atoms with E-state index in [9.17, 15) is 4.79 Å². The highest BCUT2D eigenvalue weighted by molar-refractivity contribution is 8.32. The smallest absolute Gasteiger partial charge is 0.195 e. The van der Waals surface area contributed by atoms with E-state index in [0.717, 1.165) is 22.5 Å². The van der Waals surface area contributed by atoms with Crippen molar-refractivity contribution in [1.82, 2.24) is 0 Å². The van der Waals surface area contributed by atoms with Crippen molar-refractivity contribution in [3.8, 4) is 0 Å². The Hall–Kier alpha value is -1.94. The van der Waals surface area contributed by atoms with E-state index in [0.29, 0.717) is 0 Å². The average molecular weight is 328 g/mol. The van der Waals surface area contributed by atoms with E-state index in [4.69, 9.17) is 0 Å². The molecule has 0 atom stereocenters. The van der Waals surface area contributed by atoms with Gasteiger partial charge in [-0.1, -0.05) is 0 Å². The Morgan fingerprint density at radius 3 is 1.48 bits per heavy atom. The van der Waals surface area contributed by atoms with Gasteiger partial charge in [0.2, 0.25) is 0 Å². The minimum Gasteiger partial charge on any atom is -0.378 e. The van der Waals surface area contributed by atoms with Crippen LogP contribution in [-0.2, 0) is 0 Å². The fourth-order valence-electron chi connectivity index (χ4n) is 3.06. The number of ketones is 1. The van der Waals surface area contributed by atoms with Crippen LogP contribution >= 0.6 is 10.0 Å². The number of anilines is 2. The summed E-state index contributed by atoms with van der Waals surface area (Å²) in [6.45, 7) is 0. The summed E-state index contributed by atoms with van der Waals surface area (Å²) in [5.41, 5.74) is 4.01. The van der Waals surface area contributed by atoms with E-state index in [1.807, 2.05) is 52.5 Å². The molecule has 3 nitrogen and oxygen atoms in total. The summed E-state index contributed by atoms with van der Waals surface area (Å²) < 4.78 is 0. The lowest BCUT2D eigenvalue weighted by molar-refractivity contribution is 0.103. The van der Waals surface area contributed by atoms with Gasteiger partial charge in [-0.3, -0.25) is 4.79 Å². The van der Waals surface area contributed by atoms with Gasteiger partial charge < -0.3 is 9.80 Å². The highest BCUT2D eigenvalue weighted by Crippen LogP contribution is 2.62. The summed E-state index contributed by atoms with van der Waals surface area (Å²) in [6, 6.07) is 12.4. The lowest BCUT2D eigenvalue weighted by Gasteiger charge is -2.40. The predicted octanol–water partition coefficient (Wildman–Crippen LogP) is 3.85. The monoisotopic (exact) mass is 328 g/mol. The largest absolute Gasteiger partial charge is 0.378 e. The number of hydrogen-bond donors (Lipinski definition) is 0. The molecule has 0 fully saturated rings. The van der Waals surface area contributed by atoms with Gasteiger partial charge in [-0.2, -0.15) is 10.0 Å². The molecule has 1 aliphatic rings. The van der Waals surface area contributed by atoms with Crippen molar-refractivity contribution in [2.24, 2.45) is 0 Å². The summed E-state index contributed by atoms with van der Waals surface area (Å²) in [6.07, 6.45) is 4.58. The zero-order chi connectivity index (χ0) is 16.9. The van der Waals surface area contributed by atoms with E-state index < -0.39 is 10.0 Å². The fourth-order valence-corrected chi connectivity index (χ4v) is 5.55. The molecule has 0 N–H and O–H groups in total. The van der Waals surface area contributed by atoms with Gasteiger partial charge in [0, 0.05) is 60.5 Å². The van der Waals surface area contributed by atoms with E-state index in [2.05, 4.69) is 34.4 Å². The van der Waals surface area contributed by atoms with Crippen LogP contribution in [0.2, 0.25) is 0 Å². The minimum absolute atomic E-state index is 0.150. The number of rotatable bonds is 2. The maximum absolute atomic E-state index is 12.9. The molecule has 0 amide bonds. The second-order valence-electron chi connectivity index (χ2n) is 6.81. The predicted molar refractivity (Wildman–Crippen MR) is 101 cm³/mol. The van der Waals surface area contributed by atoms with Crippen molar-refractivity contribution in [2.45, 2.75) is 9.79 Å². The Morgan fingerprint density at radius 2 is 1.13 bits per heavy atom. The van der Waals surface area contributed by atoms with Crippen molar-refractivity contribution in [3.05, 3.63) is 47.5 Å². The lowest BCUT2D eigenvalue weighted by atomic mass is 10.0. The first kappa shape index (κ1) is 15.9. The topological polar surface area (TPSA) is 23.6 Å². The molecule has 2 aromatic carbocycles. The molecular weight excluding hydrogens is 304 g/mol. The molecule has 0 aromatic heterocycles. The minimum atomic E-state index is -1.22. The quantitative estimate of drug-likeness (QED) is 0.837. The van der Waals surface area contributed by atoms with Crippen LogP contribution in [0.3, 0.4) is 0 Å². The van der Waals surface area contributed by atoms with Crippen molar-refractivity contribution in [1.29, 1.82) is 0 Å². The highest BCUT2D eigenvalue weighted by Gasteiger charge is 2.34. The molecule has 23 heavy (non-hydrogen) atoms. The van der Waals surface area contributed by atoms with Gasteiger partial charge in [0.1, 0.15) is 0 Å². The standard InChI is InChI=1S/C19H24N2OS/c1-20(2)13-7-9-15-17(11-13)23(5,6)18-12-14(21(3)4)8-10-16(18)19(15)22/h7-12H,1-6H3. The summed E-state index contributed by atoms with van der Waals surface area (Å²) in [5.74, 6) is 0.150. The molecule has 122 valence electrons. The van der Waals surface area contributed by atoms with Gasteiger partial charge in [0.15, 0.2) is 5.78 Å².